The second-order valence-electron chi connectivity index (χ2n) is 7.10. The summed E-state index contributed by atoms with van der Waals surface area (Å²) in [4.78, 5) is 16.8. The quantitative estimate of drug-likeness (QED) is 0.778. The molecule has 0 radical (unpaired) electrons. The summed E-state index contributed by atoms with van der Waals surface area (Å²) < 4.78 is 11.0. The van der Waals surface area contributed by atoms with E-state index in [1.54, 1.807) is 7.11 Å². The predicted octanol–water partition coefficient (Wildman–Crippen LogP) is 0.698. The molecule has 0 bridgehead atoms. The molecule has 2 saturated heterocycles. The second kappa shape index (κ2) is 8.97. The first-order valence-corrected chi connectivity index (χ1v) is 8.90. The van der Waals surface area contributed by atoms with Crippen LogP contribution in [0.3, 0.4) is 0 Å². The van der Waals surface area contributed by atoms with Gasteiger partial charge in [-0.2, -0.15) is 0 Å². The van der Waals surface area contributed by atoms with Crippen LogP contribution in [0.2, 0.25) is 0 Å². The van der Waals surface area contributed by atoms with Crippen molar-refractivity contribution < 1.29 is 14.3 Å². The monoisotopic (exact) mass is 327 g/mol. The summed E-state index contributed by atoms with van der Waals surface area (Å²) in [5.74, 6) is 0.860. The summed E-state index contributed by atoms with van der Waals surface area (Å²) in [7, 11) is 1.61. The highest BCUT2D eigenvalue weighted by molar-refractivity contribution is 5.76. The average Bonchev–Trinajstić information content (AvgIpc) is 2.52. The topological polar surface area (TPSA) is 68.0 Å². The Morgan fingerprint density at radius 2 is 1.87 bits per heavy atom. The first-order chi connectivity index (χ1) is 11.0. The third-order valence-electron chi connectivity index (χ3n) is 4.98. The lowest BCUT2D eigenvalue weighted by molar-refractivity contribution is -0.135. The van der Waals surface area contributed by atoms with Crippen LogP contribution >= 0.6 is 0 Å². The average molecular weight is 327 g/mol. The first kappa shape index (κ1) is 18.6. The van der Waals surface area contributed by atoms with Crippen molar-refractivity contribution in [3.63, 3.8) is 0 Å². The molecule has 0 saturated carbocycles. The van der Waals surface area contributed by atoms with E-state index in [2.05, 4.69) is 18.7 Å². The van der Waals surface area contributed by atoms with E-state index in [9.17, 15) is 4.79 Å². The van der Waals surface area contributed by atoms with Crippen LogP contribution < -0.4 is 5.73 Å². The molecule has 0 aromatic heterocycles. The van der Waals surface area contributed by atoms with Gasteiger partial charge in [-0.3, -0.25) is 9.69 Å². The van der Waals surface area contributed by atoms with Gasteiger partial charge in [-0.25, -0.2) is 0 Å². The van der Waals surface area contributed by atoms with Crippen LogP contribution in [0.5, 0.6) is 0 Å². The summed E-state index contributed by atoms with van der Waals surface area (Å²) in [6, 6.07) is 0. The number of ether oxygens (including phenoxy) is 2. The lowest BCUT2D eigenvalue weighted by Gasteiger charge is -2.39. The Morgan fingerprint density at radius 1 is 1.26 bits per heavy atom. The van der Waals surface area contributed by atoms with Gasteiger partial charge in [0.15, 0.2) is 0 Å². The summed E-state index contributed by atoms with van der Waals surface area (Å²) in [6.45, 7) is 9.59. The van der Waals surface area contributed by atoms with Gasteiger partial charge in [0.2, 0.25) is 5.91 Å². The molecule has 6 nitrogen and oxygen atoms in total. The third kappa shape index (κ3) is 5.71. The van der Waals surface area contributed by atoms with Gasteiger partial charge in [-0.15, -0.1) is 0 Å². The highest BCUT2D eigenvalue weighted by atomic mass is 16.5. The molecule has 0 spiro atoms. The van der Waals surface area contributed by atoms with Gasteiger partial charge < -0.3 is 20.1 Å². The maximum absolute atomic E-state index is 12.3. The number of hydrogen-bond donors (Lipinski definition) is 1. The van der Waals surface area contributed by atoms with Crippen LogP contribution in [-0.2, 0) is 14.3 Å². The SMILES string of the molecule is COC(CN)CC(=O)N1CCC(CN2CC(C)OC(C)C2)CC1. The number of piperidine rings is 1. The summed E-state index contributed by atoms with van der Waals surface area (Å²) in [5.41, 5.74) is 5.60. The van der Waals surface area contributed by atoms with E-state index >= 15 is 0 Å². The van der Waals surface area contributed by atoms with Crippen LogP contribution in [0.15, 0.2) is 0 Å². The van der Waals surface area contributed by atoms with Crippen LogP contribution in [0.4, 0.5) is 0 Å². The zero-order valence-corrected chi connectivity index (χ0v) is 14.9. The van der Waals surface area contributed by atoms with E-state index in [0.29, 0.717) is 31.1 Å². The lowest BCUT2D eigenvalue weighted by Crippen LogP contribution is -2.49. The van der Waals surface area contributed by atoms with Gasteiger partial charge in [-0.1, -0.05) is 0 Å². The maximum Gasteiger partial charge on any atom is 0.225 e. The number of amides is 1. The molecule has 134 valence electrons. The van der Waals surface area contributed by atoms with Gasteiger partial charge in [-0.05, 0) is 32.6 Å². The van der Waals surface area contributed by atoms with Crippen molar-refractivity contribution in [2.24, 2.45) is 11.7 Å². The standard InChI is InChI=1S/C17H33N3O3/c1-13-10-19(11-14(2)23-13)12-15-4-6-20(7-5-15)17(21)8-16(9-18)22-3/h13-16H,4-12,18H2,1-3H3. The fourth-order valence-corrected chi connectivity index (χ4v) is 3.75. The van der Waals surface area contributed by atoms with Crippen LogP contribution in [0.25, 0.3) is 0 Å². The molecule has 2 aliphatic heterocycles. The number of carbonyl (C=O) groups excluding carboxylic acids is 1. The van der Waals surface area contributed by atoms with Crippen molar-refractivity contribution >= 4 is 5.91 Å². The Labute approximate surface area is 140 Å². The molecule has 2 rings (SSSR count). The van der Waals surface area contributed by atoms with E-state index < -0.39 is 0 Å². The molecule has 3 unspecified atom stereocenters. The first-order valence-electron chi connectivity index (χ1n) is 8.90. The molecule has 2 aliphatic rings. The summed E-state index contributed by atoms with van der Waals surface area (Å²) in [6.07, 6.45) is 3.07. The van der Waals surface area contributed by atoms with Gasteiger partial charge in [0.25, 0.3) is 0 Å². The van der Waals surface area contributed by atoms with Gasteiger partial charge >= 0.3 is 0 Å². The smallest absolute Gasteiger partial charge is 0.225 e. The number of carbonyl (C=O) groups is 1. The fraction of sp³-hybridized carbons (Fsp3) is 0.941. The summed E-state index contributed by atoms with van der Waals surface area (Å²) in [5, 5.41) is 0. The van der Waals surface area contributed by atoms with Gasteiger partial charge in [0.05, 0.1) is 24.7 Å². The van der Waals surface area contributed by atoms with Crippen molar-refractivity contribution in [1.82, 2.24) is 9.80 Å². The van der Waals surface area contributed by atoms with Crippen molar-refractivity contribution in [2.75, 3.05) is 46.4 Å². The number of morpholine rings is 1. The molecule has 2 heterocycles. The number of likely N-dealkylation sites (tertiary alicyclic amines) is 1. The Kier molecular flexibility index (Phi) is 7.27. The zero-order valence-electron chi connectivity index (χ0n) is 14.9. The minimum atomic E-state index is -0.156. The van der Waals surface area contributed by atoms with Gasteiger partial charge in [0, 0.05) is 46.4 Å². The molecule has 3 atom stereocenters. The number of rotatable bonds is 6. The van der Waals surface area contributed by atoms with Crippen molar-refractivity contribution in [1.29, 1.82) is 0 Å². The Hall–Kier alpha value is -0.690. The Morgan fingerprint density at radius 3 is 2.39 bits per heavy atom. The van der Waals surface area contributed by atoms with Gasteiger partial charge in [0.1, 0.15) is 0 Å². The molecule has 0 aliphatic carbocycles. The Bertz CT molecular complexity index is 358. The van der Waals surface area contributed by atoms with E-state index in [-0.39, 0.29) is 12.0 Å². The van der Waals surface area contributed by atoms with E-state index in [1.807, 2.05) is 4.90 Å². The largest absolute Gasteiger partial charge is 0.380 e. The fourth-order valence-electron chi connectivity index (χ4n) is 3.75. The third-order valence-corrected chi connectivity index (χ3v) is 4.98. The molecular formula is C17H33N3O3. The highest BCUT2D eigenvalue weighted by Gasteiger charge is 2.28. The van der Waals surface area contributed by atoms with E-state index in [1.165, 1.54) is 0 Å². The molecule has 6 heteroatoms. The van der Waals surface area contributed by atoms with E-state index in [4.69, 9.17) is 15.2 Å². The maximum atomic E-state index is 12.3. The number of nitrogens with two attached hydrogens (primary N) is 1. The molecule has 2 N–H and O–H groups in total. The minimum Gasteiger partial charge on any atom is -0.380 e. The summed E-state index contributed by atoms with van der Waals surface area (Å²) >= 11 is 0. The number of nitrogens with zero attached hydrogens (tertiary/aromatic N) is 2. The molecular weight excluding hydrogens is 294 g/mol. The number of hydrogen-bond acceptors (Lipinski definition) is 5. The second-order valence-corrected chi connectivity index (χ2v) is 7.10. The zero-order chi connectivity index (χ0) is 16.8. The van der Waals surface area contributed by atoms with Crippen molar-refractivity contribution in [2.45, 2.75) is 51.4 Å². The molecule has 23 heavy (non-hydrogen) atoms. The highest BCUT2D eigenvalue weighted by Crippen LogP contribution is 2.21. The normalized spacial score (nSPS) is 28.8. The predicted molar refractivity (Wildman–Crippen MR) is 90.2 cm³/mol. The molecule has 0 aromatic carbocycles. The van der Waals surface area contributed by atoms with E-state index in [0.717, 1.165) is 45.6 Å². The molecule has 2 fully saturated rings. The van der Waals surface area contributed by atoms with Crippen LogP contribution in [0.1, 0.15) is 33.1 Å². The van der Waals surface area contributed by atoms with Crippen molar-refractivity contribution in [3.05, 3.63) is 0 Å². The van der Waals surface area contributed by atoms with Crippen LogP contribution in [-0.4, -0.2) is 80.4 Å². The Balaban J connectivity index is 1.72. The lowest BCUT2D eigenvalue weighted by atomic mass is 9.95. The van der Waals surface area contributed by atoms with Crippen molar-refractivity contribution in [3.8, 4) is 0 Å². The minimum absolute atomic E-state index is 0.156. The number of methoxy groups -OCH3 is 1. The van der Waals surface area contributed by atoms with Crippen LogP contribution in [0, 0.1) is 5.92 Å². The molecule has 0 aromatic rings. The molecule has 1 amide bonds.